The van der Waals surface area contributed by atoms with Crippen molar-refractivity contribution in [3.05, 3.63) is 35.9 Å². The van der Waals surface area contributed by atoms with E-state index < -0.39 is 11.4 Å². The fraction of sp³-hybridized carbons (Fsp3) is 0.550. The van der Waals surface area contributed by atoms with Crippen molar-refractivity contribution >= 4 is 17.7 Å². The number of Topliss-reactive ketones (excluding diaryl/α,β-unsaturated/α-hetero) is 1. The molecule has 25 heavy (non-hydrogen) atoms. The summed E-state index contributed by atoms with van der Waals surface area (Å²) in [5.74, 6) is -0.429. The van der Waals surface area contributed by atoms with E-state index in [2.05, 4.69) is 0 Å². The summed E-state index contributed by atoms with van der Waals surface area (Å²) in [5.41, 5.74) is -0.180. The fourth-order valence-corrected chi connectivity index (χ4v) is 3.79. The number of likely N-dealkylation sites (tertiary alicyclic amines) is 1. The van der Waals surface area contributed by atoms with E-state index in [1.165, 1.54) is 0 Å². The molecule has 2 aliphatic rings. The SMILES string of the molecule is O=C(CCC(=O)N1CCC[C@@](CC2CC2)(C(=O)O)C1)c1ccccc1. The molecule has 5 heteroatoms. The Morgan fingerprint density at radius 2 is 1.84 bits per heavy atom. The molecule has 0 bridgehead atoms. The van der Waals surface area contributed by atoms with Crippen molar-refractivity contribution in [3.63, 3.8) is 0 Å². The summed E-state index contributed by atoms with van der Waals surface area (Å²) in [6.45, 7) is 0.884. The van der Waals surface area contributed by atoms with Gasteiger partial charge in [-0.25, -0.2) is 0 Å². The topological polar surface area (TPSA) is 74.7 Å². The molecule has 0 unspecified atom stereocenters. The lowest BCUT2D eigenvalue weighted by Crippen LogP contribution is -2.50. The Morgan fingerprint density at radius 3 is 2.48 bits per heavy atom. The van der Waals surface area contributed by atoms with Crippen LogP contribution in [0.3, 0.4) is 0 Å². The van der Waals surface area contributed by atoms with E-state index in [1.807, 2.05) is 6.07 Å². The Kier molecular flexibility index (Phi) is 5.21. The minimum absolute atomic E-state index is 0.0477. The van der Waals surface area contributed by atoms with Crippen LogP contribution in [0.4, 0.5) is 0 Å². The quantitative estimate of drug-likeness (QED) is 0.772. The van der Waals surface area contributed by atoms with Crippen LogP contribution in [-0.4, -0.2) is 40.8 Å². The predicted molar refractivity (Wildman–Crippen MR) is 93.2 cm³/mol. The molecule has 1 aromatic carbocycles. The Labute approximate surface area is 148 Å². The monoisotopic (exact) mass is 343 g/mol. The Morgan fingerprint density at radius 1 is 1.12 bits per heavy atom. The van der Waals surface area contributed by atoms with E-state index in [9.17, 15) is 19.5 Å². The second-order valence-electron chi connectivity index (χ2n) is 7.44. The van der Waals surface area contributed by atoms with Gasteiger partial charge in [-0.3, -0.25) is 14.4 Å². The number of carbonyl (C=O) groups is 3. The third-order valence-corrected chi connectivity index (χ3v) is 5.42. The third kappa shape index (κ3) is 4.27. The van der Waals surface area contributed by atoms with Crippen LogP contribution in [0.1, 0.15) is 55.3 Å². The molecule has 0 aromatic heterocycles. The highest BCUT2D eigenvalue weighted by Gasteiger charge is 2.46. The number of hydrogen-bond donors (Lipinski definition) is 1. The molecular formula is C20H25NO4. The summed E-state index contributed by atoms with van der Waals surface area (Å²) in [5, 5.41) is 9.74. The zero-order valence-electron chi connectivity index (χ0n) is 14.4. The van der Waals surface area contributed by atoms with Crippen molar-refractivity contribution in [3.8, 4) is 0 Å². The summed E-state index contributed by atoms with van der Waals surface area (Å²) < 4.78 is 0. The highest BCUT2D eigenvalue weighted by Crippen LogP contribution is 2.45. The maximum absolute atomic E-state index is 12.5. The van der Waals surface area contributed by atoms with E-state index in [4.69, 9.17) is 0 Å². The molecule has 3 rings (SSSR count). The third-order valence-electron chi connectivity index (χ3n) is 5.42. The van der Waals surface area contributed by atoms with Crippen LogP contribution in [0, 0.1) is 11.3 Å². The molecule has 5 nitrogen and oxygen atoms in total. The van der Waals surface area contributed by atoms with Crippen LogP contribution in [-0.2, 0) is 9.59 Å². The second-order valence-corrected chi connectivity index (χ2v) is 7.44. The van der Waals surface area contributed by atoms with Crippen molar-refractivity contribution < 1.29 is 19.5 Å². The first-order chi connectivity index (χ1) is 12.0. The lowest BCUT2D eigenvalue weighted by Gasteiger charge is -2.40. The Balaban J connectivity index is 1.58. The molecule has 1 heterocycles. The van der Waals surface area contributed by atoms with Crippen LogP contribution in [0.5, 0.6) is 0 Å². The summed E-state index contributed by atoms with van der Waals surface area (Å²) in [7, 11) is 0. The molecule has 1 saturated heterocycles. The van der Waals surface area contributed by atoms with Gasteiger partial charge < -0.3 is 10.0 Å². The van der Waals surface area contributed by atoms with Gasteiger partial charge in [0.05, 0.1) is 5.41 Å². The number of carboxylic acid groups (broad SMARTS) is 1. The van der Waals surface area contributed by atoms with Gasteiger partial charge in [0.15, 0.2) is 5.78 Å². The summed E-state index contributed by atoms with van der Waals surface area (Å²) in [6, 6.07) is 8.95. The predicted octanol–water partition coefficient (Wildman–Crippen LogP) is 3.14. The number of nitrogens with zero attached hydrogens (tertiary/aromatic N) is 1. The molecule has 1 N–H and O–H groups in total. The summed E-state index contributed by atoms with van der Waals surface area (Å²) in [4.78, 5) is 38.2. The van der Waals surface area contributed by atoms with E-state index >= 15 is 0 Å². The van der Waals surface area contributed by atoms with Crippen LogP contribution in [0.15, 0.2) is 30.3 Å². The van der Waals surface area contributed by atoms with Gasteiger partial charge in [0, 0.05) is 31.5 Å². The summed E-state index contributed by atoms with van der Waals surface area (Å²) in [6.07, 6.45) is 4.57. The van der Waals surface area contributed by atoms with E-state index in [1.54, 1.807) is 29.2 Å². The molecule has 134 valence electrons. The molecule has 0 spiro atoms. The van der Waals surface area contributed by atoms with E-state index in [-0.39, 0.29) is 31.1 Å². The van der Waals surface area contributed by atoms with Crippen molar-refractivity contribution in [2.45, 2.75) is 44.9 Å². The van der Waals surface area contributed by atoms with Gasteiger partial charge in [0.1, 0.15) is 0 Å². The average molecular weight is 343 g/mol. The first-order valence-electron chi connectivity index (χ1n) is 9.10. The number of aliphatic carboxylic acids is 1. The number of hydrogen-bond acceptors (Lipinski definition) is 3. The number of carbonyl (C=O) groups excluding carboxylic acids is 2. The molecule has 1 aliphatic carbocycles. The van der Waals surface area contributed by atoms with Gasteiger partial charge in [-0.2, -0.15) is 0 Å². The van der Waals surface area contributed by atoms with Crippen molar-refractivity contribution in [1.29, 1.82) is 0 Å². The first-order valence-corrected chi connectivity index (χ1v) is 9.10. The van der Waals surface area contributed by atoms with Gasteiger partial charge in [0.25, 0.3) is 0 Å². The normalized spacial score (nSPS) is 23.3. The molecule has 1 amide bonds. The zero-order chi connectivity index (χ0) is 17.9. The largest absolute Gasteiger partial charge is 0.481 e. The molecule has 1 aliphatic heterocycles. The van der Waals surface area contributed by atoms with Gasteiger partial charge >= 0.3 is 5.97 Å². The summed E-state index contributed by atoms with van der Waals surface area (Å²) >= 11 is 0. The maximum atomic E-state index is 12.5. The smallest absolute Gasteiger partial charge is 0.311 e. The van der Waals surface area contributed by atoms with Gasteiger partial charge in [0.2, 0.25) is 5.91 Å². The Hall–Kier alpha value is -2.17. The van der Waals surface area contributed by atoms with Gasteiger partial charge in [-0.15, -0.1) is 0 Å². The number of piperidine rings is 1. The van der Waals surface area contributed by atoms with Crippen LogP contribution < -0.4 is 0 Å². The number of amides is 1. The Bertz CT molecular complexity index is 653. The molecular weight excluding hydrogens is 318 g/mol. The lowest BCUT2D eigenvalue weighted by atomic mass is 9.75. The second kappa shape index (κ2) is 7.38. The van der Waals surface area contributed by atoms with Crippen molar-refractivity contribution in [2.75, 3.05) is 13.1 Å². The van der Waals surface area contributed by atoms with Crippen LogP contribution in [0.25, 0.3) is 0 Å². The number of carboxylic acids is 1. The first kappa shape index (κ1) is 17.6. The highest BCUT2D eigenvalue weighted by molar-refractivity contribution is 5.97. The maximum Gasteiger partial charge on any atom is 0.311 e. The number of ketones is 1. The van der Waals surface area contributed by atoms with Crippen LogP contribution in [0.2, 0.25) is 0 Å². The zero-order valence-corrected chi connectivity index (χ0v) is 14.4. The number of rotatable bonds is 7. The highest BCUT2D eigenvalue weighted by atomic mass is 16.4. The fourth-order valence-electron chi connectivity index (χ4n) is 3.79. The lowest BCUT2D eigenvalue weighted by molar-refractivity contribution is -0.156. The van der Waals surface area contributed by atoms with E-state index in [0.29, 0.717) is 30.9 Å². The number of benzene rings is 1. The minimum Gasteiger partial charge on any atom is -0.481 e. The molecule has 2 fully saturated rings. The van der Waals surface area contributed by atoms with Gasteiger partial charge in [-0.05, 0) is 25.2 Å². The van der Waals surface area contributed by atoms with E-state index in [0.717, 1.165) is 19.3 Å². The minimum atomic E-state index is -0.793. The van der Waals surface area contributed by atoms with Gasteiger partial charge in [-0.1, -0.05) is 43.2 Å². The molecule has 1 saturated carbocycles. The van der Waals surface area contributed by atoms with Crippen molar-refractivity contribution in [2.24, 2.45) is 11.3 Å². The molecule has 1 atom stereocenters. The molecule has 0 radical (unpaired) electrons. The molecule has 1 aromatic rings. The average Bonchev–Trinajstić information content (AvgIpc) is 3.44. The van der Waals surface area contributed by atoms with Crippen LogP contribution >= 0.6 is 0 Å². The standard InChI is InChI=1S/C20H25NO4/c22-17(16-5-2-1-3-6-16)9-10-18(23)21-12-4-11-20(14-21,19(24)25)13-15-7-8-15/h1-3,5-6,15H,4,7-14H2,(H,24,25)/t20-/m0/s1. The van der Waals surface area contributed by atoms with Crippen molar-refractivity contribution in [1.82, 2.24) is 4.90 Å².